The number of hydrogen-bond acceptors (Lipinski definition) is 2. The average molecular weight is 256 g/mol. The number of aliphatic hydroxyl groups excluding tert-OH is 1. The molecule has 1 atom stereocenters. The van der Waals surface area contributed by atoms with Gasteiger partial charge in [-0.2, -0.15) is 0 Å². The van der Waals surface area contributed by atoms with E-state index in [-0.39, 0.29) is 0 Å². The minimum atomic E-state index is -0.607. The highest BCUT2D eigenvalue weighted by atomic mass is 35.5. The quantitative estimate of drug-likeness (QED) is 0.843. The molecule has 0 bridgehead atoms. The Hall–Kier alpha value is -0.770. The van der Waals surface area contributed by atoms with Crippen molar-refractivity contribution in [1.82, 2.24) is 4.98 Å². The van der Waals surface area contributed by atoms with E-state index < -0.39 is 6.10 Å². The van der Waals surface area contributed by atoms with E-state index in [4.69, 9.17) is 11.6 Å². The molecule has 0 aliphatic heterocycles. The van der Waals surface area contributed by atoms with Crippen LogP contribution in [0.1, 0.15) is 33.5 Å². The fraction of sp³-hybridized carbons (Fsp3) is 0.333. The summed E-state index contributed by atoms with van der Waals surface area (Å²) in [6, 6.07) is 3.67. The first kappa shape index (κ1) is 11.7. The Morgan fingerprint density at radius 2 is 1.94 bits per heavy atom. The molecule has 0 amide bonds. The highest BCUT2D eigenvalue weighted by molar-refractivity contribution is 7.16. The molecule has 4 heteroatoms. The fourth-order valence-corrected chi connectivity index (χ4v) is 2.82. The molecule has 0 saturated carbocycles. The van der Waals surface area contributed by atoms with E-state index in [1.54, 1.807) is 0 Å². The molecule has 1 unspecified atom stereocenters. The minimum Gasteiger partial charge on any atom is -0.381 e. The lowest BCUT2D eigenvalue weighted by Crippen LogP contribution is -1.99. The Bertz CT molecular complexity index is 515. The van der Waals surface area contributed by atoms with Crippen molar-refractivity contribution in [3.05, 3.63) is 43.9 Å². The summed E-state index contributed by atoms with van der Waals surface area (Å²) in [5, 5.41) is 10.2. The molecule has 0 saturated heterocycles. The van der Waals surface area contributed by atoms with Crippen molar-refractivity contribution in [2.24, 2.45) is 0 Å². The van der Waals surface area contributed by atoms with E-state index in [1.165, 1.54) is 16.9 Å². The van der Waals surface area contributed by atoms with Crippen LogP contribution in [0.4, 0.5) is 0 Å². The third kappa shape index (κ3) is 1.90. The van der Waals surface area contributed by atoms with Crippen LogP contribution < -0.4 is 0 Å². The van der Waals surface area contributed by atoms with Gasteiger partial charge in [0.2, 0.25) is 0 Å². The van der Waals surface area contributed by atoms with E-state index in [0.29, 0.717) is 4.34 Å². The van der Waals surface area contributed by atoms with Crippen LogP contribution in [-0.2, 0) is 0 Å². The highest BCUT2D eigenvalue weighted by Crippen LogP contribution is 2.33. The summed E-state index contributed by atoms with van der Waals surface area (Å²) in [6.07, 6.45) is -0.607. The zero-order valence-electron chi connectivity index (χ0n) is 9.47. The number of aliphatic hydroxyl groups is 1. The molecule has 86 valence electrons. The Labute approximate surface area is 104 Å². The summed E-state index contributed by atoms with van der Waals surface area (Å²) >= 11 is 7.28. The van der Waals surface area contributed by atoms with Crippen LogP contribution in [0, 0.1) is 20.8 Å². The Morgan fingerprint density at radius 1 is 1.25 bits per heavy atom. The first-order chi connectivity index (χ1) is 7.50. The standard InChI is InChI=1S/C12H14ClNOS/c1-6-7(2)11(14-8(6)3)12(15)9-4-5-10(13)16-9/h4-5,12,14-15H,1-3H3. The smallest absolute Gasteiger partial charge is 0.128 e. The first-order valence-electron chi connectivity index (χ1n) is 5.09. The van der Waals surface area contributed by atoms with Gasteiger partial charge in [-0.3, -0.25) is 0 Å². The molecule has 0 fully saturated rings. The number of aromatic amines is 1. The zero-order chi connectivity index (χ0) is 11.9. The maximum absolute atomic E-state index is 10.2. The Kier molecular flexibility index (Phi) is 3.10. The van der Waals surface area contributed by atoms with Gasteiger partial charge in [-0.25, -0.2) is 0 Å². The summed E-state index contributed by atoms with van der Waals surface area (Å²) in [5.41, 5.74) is 4.30. The Balaban J connectivity index is 2.41. The van der Waals surface area contributed by atoms with Crippen LogP contribution in [0.15, 0.2) is 12.1 Å². The monoisotopic (exact) mass is 255 g/mol. The second-order valence-corrected chi connectivity index (χ2v) is 5.70. The highest BCUT2D eigenvalue weighted by Gasteiger charge is 2.18. The van der Waals surface area contributed by atoms with E-state index in [1.807, 2.05) is 26.0 Å². The topological polar surface area (TPSA) is 36.0 Å². The molecule has 2 aromatic heterocycles. The van der Waals surface area contributed by atoms with Crippen molar-refractivity contribution in [1.29, 1.82) is 0 Å². The molecule has 2 rings (SSSR count). The predicted octanol–water partition coefficient (Wildman–Crippen LogP) is 3.74. The number of aryl methyl sites for hydroxylation is 1. The summed E-state index contributed by atoms with van der Waals surface area (Å²) in [7, 11) is 0. The fourth-order valence-electron chi connectivity index (χ4n) is 1.76. The van der Waals surface area contributed by atoms with Crippen LogP contribution in [0.2, 0.25) is 4.34 Å². The average Bonchev–Trinajstić information content (AvgIpc) is 2.78. The van der Waals surface area contributed by atoms with E-state index in [0.717, 1.165) is 21.8 Å². The molecule has 0 aliphatic rings. The molecular formula is C12H14ClNOS. The van der Waals surface area contributed by atoms with E-state index in [9.17, 15) is 5.11 Å². The molecule has 0 spiro atoms. The lowest BCUT2D eigenvalue weighted by Gasteiger charge is -2.08. The van der Waals surface area contributed by atoms with Gasteiger partial charge in [0.25, 0.3) is 0 Å². The largest absolute Gasteiger partial charge is 0.381 e. The van der Waals surface area contributed by atoms with Gasteiger partial charge in [0.15, 0.2) is 0 Å². The molecule has 2 aromatic rings. The van der Waals surface area contributed by atoms with Crippen molar-refractivity contribution < 1.29 is 5.11 Å². The summed E-state index contributed by atoms with van der Waals surface area (Å²) in [6.45, 7) is 6.09. The van der Waals surface area contributed by atoms with Gasteiger partial charge in [0.05, 0.1) is 10.0 Å². The maximum atomic E-state index is 10.2. The van der Waals surface area contributed by atoms with Gasteiger partial charge in [0, 0.05) is 10.6 Å². The SMILES string of the molecule is Cc1[nH]c(C(O)c2ccc(Cl)s2)c(C)c1C. The lowest BCUT2D eigenvalue weighted by atomic mass is 10.1. The molecule has 2 nitrogen and oxygen atoms in total. The normalized spacial score (nSPS) is 13.1. The number of nitrogens with one attached hydrogen (secondary N) is 1. The van der Waals surface area contributed by atoms with Gasteiger partial charge >= 0.3 is 0 Å². The van der Waals surface area contributed by atoms with Gasteiger partial charge in [-0.15, -0.1) is 11.3 Å². The molecule has 2 N–H and O–H groups in total. The number of hydrogen-bond donors (Lipinski definition) is 2. The van der Waals surface area contributed by atoms with Crippen molar-refractivity contribution in [3.8, 4) is 0 Å². The van der Waals surface area contributed by atoms with Gasteiger partial charge in [-0.1, -0.05) is 11.6 Å². The molecule has 16 heavy (non-hydrogen) atoms. The summed E-state index contributed by atoms with van der Waals surface area (Å²) in [5.74, 6) is 0. The van der Waals surface area contributed by atoms with Gasteiger partial charge < -0.3 is 10.1 Å². The minimum absolute atomic E-state index is 0.607. The van der Waals surface area contributed by atoms with Crippen LogP contribution in [0.5, 0.6) is 0 Å². The summed E-state index contributed by atoms with van der Waals surface area (Å²) in [4.78, 5) is 4.10. The maximum Gasteiger partial charge on any atom is 0.128 e. The second kappa shape index (κ2) is 4.24. The zero-order valence-corrected chi connectivity index (χ0v) is 11.0. The first-order valence-corrected chi connectivity index (χ1v) is 6.29. The summed E-state index contributed by atoms with van der Waals surface area (Å²) < 4.78 is 0.701. The lowest BCUT2D eigenvalue weighted by molar-refractivity contribution is 0.219. The van der Waals surface area contributed by atoms with Crippen molar-refractivity contribution >= 4 is 22.9 Å². The van der Waals surface area contributed by atoms with Gasteiger partial charge in [0.1, 0.15) is 6.10 Å². The van der Waals surface area contributed by atoms with Crippen LogP contribution in [-0.4, -0.2) is 10.1 Å². The van der Waals surface area contributed by atoms with E-state index in [2.05, 4.69) is 11.9 Å². The second-order valence-electron chi connectivity index (χ2n) is 3.96. The number of rotatable bonds is 2. The molecule has 0 aliphatic carbocycles. The number of H-pyrrole nitrogens is 1. The number of thiophene rings is 1. The third-order valence-electron chi connectivity index (χ3n) is 2.99. The third-order valence-corrected chi connectivity index (χ3v) is 4.27. The number of aromatic nitrogens is 1. The molecule has 0 radical (unpaired) electrons. The molecule has 0 aromatic carbocycles. The molecule has 2 heterocycles. The Morgan fingerprint density at radius 3 is 2.38 bits per heavy atom. The van der Waals surface area contributed by atoms with Crippen molar-refractivity contribution in [2.45, 2.75) is 26.9 Å². The number of halogens is 1. The van der Waals surface area contributed by atoms with Crippen molar-refractivity contribution in [3.63, 3.8) is 0 Å². The van der Waals surface area contributed by atoms with Crippen LogP contribution in [0.25, 0.3) is 0 Å². The predicted molar refractivity (Wildman–Crippen MR) is 68.4 cm³/mol. The van der Waals surface area contributed by atoms with Crippen molar-refractivity contribution in [2.75, 3.05) is 0 Å². The van der Waals surface area contributed by atoms with Crippen LogP contribution >= 0.6 is 22.9 Å². The van der Waals surface area contributed by atoms with E-state index >= 15 is 0 Å². The molecular weight excluding hydrogens is 242 g/mol. The van der Waals surface area contributed by atoms with Gasteiger partial charge in [-0.05, 0) is 44.0 Å². The van der Waals surface area contributed by atoms with Crippen LogP contribution in [0.3, 0.4) is 0 Å².